The standard InChI is InChI=1S/C36H38ClN3O6S/c1-3-11-27(29(37)4-2)23-47-24-32(41)31(21-35(44)45)39-34(43)22-40-28(20-26-14-9-6-10-15-26)17-18-30(36(40)46)38-33(42)19-16-25-12-7-5-8-13-25/h3-15,17-18,31H,2,16,19-24H2,1H3,(H,38,42)(H,39,43)(H,44,45)/b11-3-,29-27-/t31-/m0/s1. The smallest absolute Gasteiger partial charge is 0.305 e. The Hall–Kier alpha value is -4.67. The van der Waals surface area contributed by atoms with Gasteiger partial charge in [0.15, 0.2) is 5.78 Å². The molecule has 2 amide bonds. The van der Waals surface area contributed by atoms with Crippen molar-refractivity contribution in [1.29, 1.82) is 0 Å². The summed E-state index contributed by atoms with van der Waals surface area (Å²) < 4.78 is 1.23. The van der Waals surface area contributed by atoms with Crippen molar-refractivity contribution >= 4 is 52.6 Å². The van der Waals surface area contributed by atoms with Gasteiger partial charge in [-0.25, -0.2) is 0 Å². The Morgan fingerprint density at radius 2 is 1.62 bits per heavy atom. The molecule has 2 aromatic carbocycles. The van der Waals surface area contributed by atoms with E-state index in [9.17, 15) is 29.1 Å². The number of benzene rings is 2. The van der Waals surface area contributed by atoms with E-state index in [-0.39, 0.29) is 23.8 Å². The number of allylic oxidation sites excluding steroid dienone is 4. The van der Waals surface area contributed by atoms with Crippen molar-refractivity contribution in [3.8, 4) is 0 Å². The predicted molar refractivity (Wildman–Crippen MR) is 188 cm³/mol. The average Bonchev–Trinajstić information content (AvgIpc) is 3.06. The number of aryl methyl sites for hydroxylation is 1. The summed E-state index contributed by atoms with van der Waals surface area (Å²) in [7, 11) is 0. The van der Waals surface area contributed by atoms with Crippen LogP contribution in [0.25, 0.3) is 0 Å². The number of thioether (sulfide) groups is 1. The summed E-state index contributed by atoms with van der Waals surface area (Å²) in [5, 5.41) is 15.1. The topological polar surface area (TPSA) is 135 Å². The number of nitrogens with zero attached hydrogens (tertiary/aromatic N) is 1. The van der Waals surface area contributed by atoms with Crippen LogP contribution in [0, 0.1) is 0 Å². The lowest BCUT2D eigenvalue weighted by Gasteiger charge is -2.19. The second-order valence-corrected chi connectivity index (χ2v) is 12.0. The van der Waals surface area contributed by atoms with Gasteiger partial charge < -0.3 is 20.3 Å². The number of carbonyl (C=O) groups is 4. The first-order valence-electron chi connectivity index (χ1n) is 15.0. The van der Waals surface area contributed by atoms with E-state index in [1.165, 1.54) is 28.5 Å². The van der Waals surface area contributed by atoms with E-state index in [2.05, 4.69) is 17.2 Å². The van der Waals surface area contributed by atoms with E-state index in [1.54, 1.807) is 18.2 Å². The third kappa shape index (κ3) is 12.2. The van der Waals surface area contributed by atoms with Crippen LogP contribution in [-0.4, -0.2) is 50.8 Å². The minimum absolute atomic E-state index is 0.00501. The Balaban J connectivity index is 1.78. The Labute approximate surface area is 283 Å². The highest BCUT2D eigenvalue weighted by Gasteiger charge is 2.25. The SMILES string of the molecule is C=C/C(Cl)=C(\C=C/C)CSCC(=O)[C@H](CC(=O)O)NC(=O)Cn1c(Cc2ccccc2)ccc(NC(=O)CCc2ccccc2)c1=O. The molecule has 3 rings (SSSR count). The van der Waals surface area contributed by atoms with Crippen LogP contribution in [0.5, 0.6) is 0 Å². The maximum Gasteiger partial charge on any atom is 0.305 e. The fourth-order valence-corrected chi connectivity index (χ4v) is 5.84. The Kier molecular flexibility index (Phi) is 15.0. The summed E-state index contributed by atoms with van der Waals surface area (Å²) in [5.41, 5.74) is 2.52. The molecule has 0 bridgehead atoms. The number of rotatable bonds is 18. The first-order chi connectivity index (χ1) is 22.6. The van der Waals surface area contributed by atoms with Gasteiger partial charge in [0.1, 0.15) is 12.2 Å². The zero-order valence-electron chi connectivity index (χ0n) is 26.1. The van der Waals surface area contributed by atoms with Crippen molar-refractivity contribution < 1.29 is 24.3 Å². The van der Waals surface area contributed by atoms with Crippen LogP contribution >= 0.6 is 23.4 Å². The minimum Gasteiger partial charge on any atom is -0.481 e. The normalized spacial score (nSPS) is 12.2. The first kappa shape index (κ1) is 36.8. The number of carboxylic acid groups (broad SMARTS) is 1. The Morgan fingerprint density at radius 1 is 0.957 bits per heavy atom. The minimum atomic E-state index is -1.31. The van der Waals surface area contributed by atoms with Crippen LogP contribution in [0.1, 0.15) is 36.6 Å². The number of carbonyl (C=O) groups excluding carboxylic acids is 3. The van der Waals surface area contributed by atoms with Gasteiger partial charge in [-0.1, -0.05) is 97.1 Å². The molecule has 0 radical (unpaired) electrons. The van der Waals surface area contributed by atoms with E-state index >= 15 is 0 Å². The number of aliphatic carboxylic acids is 1. The van der Waals surface area contributed by atoms with Gasteiger partial charge in [-0.3, -0.25) is 24.0 Å². The maximum atomic E-state index is 13.6. The molecule has 246 valence electrons. The van der Waals surface area contributed by atoms with Gasteiger partial charge >= 0.3 is 5.97 Å². The van der Waals surface area contributed by atoms with Gasteiger partial charge in [-0.15, -0.1) is 11.8 Å². The van der Waals surface area contributed by atoms with Crippen molar-refractivity contribution in [2.45, 2.75) is 45.2 Å². The summed E-state index contributed by atoms with van der Waals surface area (Å²) in [6.45, 7) is 4.99. The van der Waals surface area contributed by atoms with Crippen molar-refractivity contribution in [1.82, 2.24) is 9.88 Å². The number of pyridine rings is 1. The number of halogens is 1. The van der Waals surface area contributed by atoms with Crippen LogP contribution in [0.15, 0.2) is 113 Å². The molecule has 0 unspecified atom stereocenters. The number of carboxylic acids is 1. The van der Waals surface area contributed by atoms with Crippen molar-refractivity contribution in [2.24, 2.45) is 0 Å². The van der Waals surface area contributed by atoms with Gasteiger partial charge in [0.2, 0.25) is 11.8 Å². The molecule has 0 saturated carbocycles. The number of hydrogen-bond donors (Lipinski definition) is 3. The Bertz CT molecular complexity index is 1690. The summed E-state index contributed by atoms with van der Waals surface area (Å²) >= 11 is 7.41. The molecule has 1 atom stereocenters. The molecule has 0 spiro atoms. The van der Waals surface area contributed by atoms with Crippen LogP contribution < -0.4 is 16.2 Å². The number of hydrogen-bond acceptors (Lipinski definition) is 6. The zero-order chi connectivity index (χ0) is 34.2. The lowest BCUT2D eigenvalue weighted by Crippen LogP contribution is -2.45. The largest absolute Gasteiger partial charge is 0.481 e. The van der Waals surface area contributed by atoms with Crippen molar-refractivity contribution in [3.63, 3.8) is 0 Å². The van der Waals surface area contributed by atoms with Gasteiger partial charge in [0.05, 0.1) is 18.2 Å². The molecule has 0 aliphatic carbocycles. The summed E-state index contributed by atoms with van der Waals surface area (Å²) in [6.07, 6.45) is 5.42. The van der Waals surface area contributed by atoms with E-state index in [0.717, 1.165) is 16.7 Å². The molecule has 1 heterocycles. The van der Waals surface area contributed by atoms with Crippen LogP contribution in [-0.2, 0) is 38.6 Å². The average molecular weight is 676 g/mol. The Morgan fingerprint density at radius 3 is 2.23 bits per heavy atom. The number of ketones is 1. The lowest BCUT2D eigenvalue weighted by atomic mass is 10.1. The fraction of sp³-hybridized carbons (Fsp3) is 0.250. The predicted octanol–water partition coefficient (Wildman–Crippen LogP) is 5.53. The summed E-state index contributed by atoms with van der Waals surface area (Å²) in [6, 6.07) is 20.7. The number of amides is 2. The van der Waals surface area contributed by atoms with E-state index in [1.807, 2.05) is 67.6 Å². The molecule has 47 heavy (non-hydrogen) atoms. The molecule has 0 fully saturated rings. The van der Waals surface area contributed by atoms with Crippen molar-refractivity contribution in [2.75, 3.05) is 16.8 Å². The second kappa shape index (κ2) is 19.1. The highest BCUT2D eigenvalue weighted by Crippen LogP contribution is 2.19. The zero-order valence-corrected chi connectivity index (χ0v) is 27.7. The van der Waals surface area contributed by atoms with Crippen LogP contribution in [0.3, 0.4) is 0 Å². The molecule has 9 nitrogen and oxygen atoms in total. The first-order valence-corrected chi connectivity index (χ1v) is 16.5. The molecule has 3 N–H and O–H groups in total. The molecule has 1 aromatic heterocycles. The third-order valence-electron chi connectivity index (χ3n) is 7.01. The maximum absolute atomic E-state index is 13.6. The van der Waals surface area contributed by atoms with Gasteiger partial charge in [0.25, 0.3) is 5.56 Å². The summed E-state index contributed by atoms with van der Waals surface area (Å²) in [4.78, 5) is 64.3. The van der Waals surface area contributed by atoms with Gasteiger partial charge in [-0.2, -0.15) is 0 Å². The van der Waals surface area contributed by atoms with Crippen molar-refractivity contribution in [3.05, 3.63) is 135 Å². The highest BCUT2D eigenvalue weighted by molar-refractivity contribution is 8.00. The molecular weight excluding hydrogens is 638 g/mol. The molecule has 0 aliphatic heterocycles. The number of anilines is 1. The molecular formula is C36H38ClN3O6S. The fourth-order valence-electron chi connectivity index (χ4n) is 4.65. The summed E-state index contributed by atoms with van der Waals surface area (Å²) in [5.74, 6) is -2.54. The number of nitrogens with one attached hydrogen (secondary N) is 2. The lowest BCUT2D eigenvalue weighted by molar-refractivity contribution is -0.139. The quantitative estimate of drug-likeness (QED) is 0.151. The number of aromatic nitrogens is 1. The van der Waals surface area contributed by atoms with Gasteiger partial charge in [0, 0.05) is 29.3 Å². The third-order valence-corrected chi connectivity index (χ3v) is 8.41. The molecule has 0 saturated heterocycles. The van der Waals surface area contributed by atoms with Crippen LogP contribution in [0.2, 0.25) is 0 Å². The van der Waals surface area contributed by atoms with Gasteiger partial charge in [-0.05, 0) is 42.2 Å². The molecule has 0 aliphatic rings. The van der Waals surface area contributed by atoms with E-state index in [4.69, 9.17) is 11.6 Å². The highest BCUT2D eigenvalue weighted by atomic mass is 35.5. The van der Waals surface area contributed by atoms with E-state index < -0.39 is 42.2 Å². The monoisotopic (exact) mass is 675 g/mol. The van der Waals surface area contributed by atoms with E-state index in [0.29, 0.717) is 29.3 Å². The second-order valence-electron chi connectivity index (χ2n) is 10.6. The molecule has 3 aromatic rings. The molecule has 11 heteroatoms. The van der Waals surface area contributed by atoms with Crippen LogP contribution in [0.4, 0.5) is 5.69 Å². The number of Topliss-reactive ketones (excluding diaryl/α,β-unsaturated/α-hetero) is 1.